The van der Waals surface area contributed by atoms with Crippen LogP contribution in [0.5, 0.6) is 0 Å². The number of carbonyl (C=O) groups is 3. The van der Waals surface area contributed by atoms with Crippen LogP contribution in [0.1, 0.15) is 168 Å². The van der Waals surface area contributed by atoms with Crippen LogP contribution < -0.4 is 5.73 Å². The molecule has 11 heteroatoms. The Labute approximate surface area is 326 Å². The summed E-state index contributed by atoms with van der Waals surface area (Å²) >= 11 is 0. The number of rotatable bonds is 29. The number of hydrogen-bond donors (Lipinski definition) is 4. The van der Waals surface area contributed by atoms with E-state index in [1.54, 1.807) is 24.3 Å². The summed E-state index contributed by atoms with van der Waals surface area (Å²) in [6, 6.07) is 6.24. The number of ether oxygens (including phenoxy) is 2. The van der Waals surface area contributed by atoms with Gasteiger partial charge in [0.05, 0.1) is 12.6 Å². The summed E-state index contributed by atoms with van der Waals surface area (Å²) in [5.41, 5.74) is 6.70. The van der Waals surface area contributed by atoms with Crippen LogP contribution in [0.3, 0.4) is 0 Å². The van der Waals surface area contributed by atoms with Gasteiger partial charge in [0.2, 0.25) is 11.8 Å². The Morgan fingerprint density at radius 2 is 1.22 bits per heavy atom. The molecule has 1 aliphatic rings. The molecule has 0 bridgehead atoms. The Hall–Kier alpha value is -2.57. The van der Waals surface area contributed by atoms with Crippen molar-refractivity contribution in [1.29, 1.82) is 0 Å². The lowest BCUT2D eigenvalue weighted by Crippen LogP contribution is -2.71. The average molecular weight is 762 g/mol. The minimum atomic E-state index is -1.75. The number of amides is 3. The Kier molecular flexibility index (Phi) is 25.4. The van der Waals surface area contributed by atoms with Gasteiger partial charge in [-0.05, 0) is 25.3 Å². The number of aliphatic hydroxyl groups is 3. The van der Waals surface area contributed by atoms with Crippen molar-refractivity contribution in [3.8, 4) is 0 Å². The fourth-order valence-corrected chi connectivity index (χ4v) is 7.23. The van der Waals surface area contributed by atoms with Gasteiger partial charge in [0, 0.05) is 13.0 Å². The van der Waals surface area contributed by atoms with Gasteiger partial charge in [-0.2, -0.15) is 0 Å². The minimum Gasteiger partial charge on any atom is -0.444 e. The lowest BCUT2D eigenvalue weighted by Gasteiger charge is -2.49. The van der Waals surface area contributed by atoms with Gasteiger partial charge < -0.3 is 35.4 Å². The molecule has 0 saturated carbocycles. The second-order valence-electron chi connectivity index (χ2n) is 15.3. The molecule has 1 fully saturated rings. The first-order chi connectivity index (χ1) is 26.2. The van der Waals surface area contributed by atoms with Gasteiger partial charge in [-0.3, -0.25) is 9.59 Å². The molecular weight excluding hydrogens is 686 g/mol. The highest BCUT2D eigenvalue weighted by Gasteiger charge is 2.53. The van der Waals surface area contributed by atoms with Crippen molar-refractivity contribution in [1.82, 2.24) is 9.80 Å². The predicted octanol–water partition coefficient (Wildman–Crippen LogP) is 7.76. The van der Waals surface area contributed by atoms with Gasteiger partial charge in [-0.15, -0.1) is 0 Å². The van der Waals surface area contributed by atoms with E-state index in [2.05, 4.69) is 13.8 Å². The summed E-state index contributed by atoms with van der Waals surface area (Å²) in [5, 5.41) is 32.8. The molecule has 5 N–H and O–H groups in total. The minimum absolute atomic E-state index is 0.154. The van der Waals surface area contributed by atoms with E-state index >= 15 is 0 Å². The molecule has 0 unspecified atom stereocenters. The molecule has 54 heavy (non-hydrogen) atoms. The Bertz CT molecular complexity index is 1140. The van der Waals surface area contributed by atoms with Crippen molar-refractivity contribution < 1.29 is 39.2 Å². The highest BCUT2D eigenvalue weighted by atomic mass is 16.6. The first-order valence-electron chi connectivity index (χ1n) is 21.4. The summed E-state index contributed by atoms with van der Waals surface area (Å²) in [4.78, 5) is 43.7. The van der Waals surface area contributed by atoms with Crippen molar-refractivity contribution >= 4 is 17.9 Å². The van der Waals surface area contributed by atoms with E-state index in [1.807, 2.05) is 6.07 Å². The quantitative estimate of drug-likeness (QED) is 0.0598. The van der Waals surface area contributed by atoms with Gasteiger partial charge in [0.15, 0.2) is 6.23 Å². The summed E-state index contributed by atoms with van der Waals surface area (Å²) < 4.78 is 11.8. The molecular formula is C43H75N3O8. The van der Waals surface area contributed by atoms with Gasteiger partial charge in [0.1, 0.15) is 31.0 Å². The number of benzene rings is 1. The van der Waals surface area contributed by atoms with E-state index in [4.69, 9.17) is 15.2 Å². The summed E-state index contributed by atoms with van der Waals surface area (Å²) in [7, 11) is 0. The van der Waals surface area contributed by atoms with Crippen LogP contribution in [-0.2, 0) is 25.7 Å². The molecule has 1 heterocycles. The maximum absolute atomic E-state index is 14.1. The van der Waals surface area contributed by atoms with Crippen LogP contribution >= 0.6 is 0 Å². The normalized spacial score (nSPS) is 20.4. The number of nitrogens with two attached hydrogens (primary N) is 1. The number of aliphatic hydroxyl groups excluding tert-OH is 3. The van der Waals surface area contributed by atoms with Gasteiger partial charge in [0.25, 0.3) is 0 Å². The van der Waals surface area contributed by atoms with Crippen molar-refractivity contribution in [2.75, 3.05) is 13.2 Å². The van der Waals surface area contributed by atoms with Crippen molar-refractivity contribution in [3.63, 3.8) is 0 Å². The summed E-state index contributed by atoms with van der Waals surface area (Å²) in [5.74, 6) is -1.08. The molecule has 0 aliphatic carbocycles. The zero-order valence-corrected chi connectivity index (χ0v) is 33.9. The largest absolute Gasteiger partial charge is 0.444 e. The third-order valence-electron chi connectivity index (χ3n) is 10.6. The maximum atomic E-state index is 14.1. The summed E-state index contributed by atoms with van der Waals surface area (Å²) in [6.07, 6.45) is 16.7. The molecule has 6 atom stereocenters. The maximum Gasteiger partial charge on any atom is 0.417 e. The van der Waals surface area contributed by atoms with Gasteiger partial charge >= 0.3 is 6.09 Å². The molecule has 310 valence electrons. The first kappa shape index (κ1) is 47.6. The fraction of sp³-hybridized carbons (Fsp3) is 0.791. The van der Waals surface area contributed by atoms with E-state index in [-0.39, 0.29) is 25.5 Å². The van der Waals surface area contributed by atoms with Crippen molar-refractivity contribution in [3.05, 3.63) is 35.9 Å². The van der Waals surface area contributed by atoms with E-state index in [0.29, 0.717) is 23.3 Å². The van der Waals surface area contributed by atoms with Crippen LogP contribution in [0, 0.1) is 0 Å². The van der Waals surface area contributed by atoms with E-state index in [1.165, 1.54) is 95.3 Å². The van der Waals surface area contributed by atoms with E-state index in [9.17, 15) is 29.7 Å². The smallest absolute Gasteiger partial charge is 0.417 e. The molecule has 0 radical (unpaired) electrons. The highest BCUT2D eigenvalue weighted by Crippen LogP contribution is 2.30. The first-order valence-corrected chi connectivity index (χ1v) is 21.4. The number of imide groups is 1. The Morgan fingerprint density at radius 1 is 0.741 bits per heavy atom. The highest BCUT2D eigenvalue weighted by molar-refractivity contribution is 5.95. The third kappa shape index (κ3) is 17.5. The molecule has 1 saturated heterocycles. The molecule has 1 aromatic carbocycles. The SMILES string of the molecule is CCCCCCCCCCCCCCN(C(=O)CCCCCCCCCCC)[C@@H]1O[C@H](CO)[C@H](O)[C@H](O)[C@H]1N(C(=O)OCc1ccccc1)C(=O)[C@H](C)N. The molecule has 2 rings (SSSR count). The number of hydrogen-bond acceptors (Lipinski definition) is 9. The van der Waals surface area contributed by atoms with Crippen LogP contribution in [-0.4, -0.2) is 92.8 Å². The lowest BCUT2D eigenvalue weighted by atomic mass is 9.93. The molecule has 0 aromatic heterocycles. The fourth-order valence-electron chi connectivity index (χ4n) is 7.23. The molecule has 0 spiro atoms. The van der Waals surface area contributed by atoms with Crippen LogP contribution in [0.15, 0.2) is 30.3 Å². The third-order valence-corrected chi connectivity index (χ3v) is 10.6. The van der Waals surface area contributed by atoms with Crippen LogP contribution in [0.2, 0.25) is 0 Å². The van der Waals surface area contributed by atoms with Crippen molar-refractivity contribution in [2.45, 2.75) is 205 Å². The average Bonchev–Trinajstić information content (AvgIpc) is 3.17. The molecule has 1 aromatic rings. The van der Waals surface area contributed by atoms with E-state index in [0.717, 1.165) is 38.5 Å². The standard InChI is InChI=1S/C43H75N3O8/c1-4-6-8-10-12-14-15-16-18-20-22-27-31-45(37(48)30-26-21-19-17-13-11-9-7-5-2)42-38(40(50)39(49)36(32-47)54-42)46(41(51)34(3)44)43(52)53-33-35-28-24-23-25-29-35/h23-25,28-29,34,36,38-40,42,47,49-50H,4-22,26-27,30-33,44H2,1-3H3/t34-,36+,38+,39-,40+,42+/m0/s1. The van der Waals surface area contributed by atoms with E-state index < -0.39 is 55.2 Å². The number of carbonyl (C=O) groups excluding carboxylic acids is 3. The monoisotopic (exact) mass is 762 g/mol. The number of unbranched alkanes of at least 4 members (excludes halogenated alkanes) is 19. The zero-order chi connectivity index (χ0) is 39.6. The Balaban J connectivity index is 2.23. The molecule has 3 amide bonds. The second-order valence-corrected chi connectivity index (χ2v) is 15.3. The lowest BCUT2D eigenvalue weighted by molar-refractivity contribution is -0.244. The topological polar surface area (TPSA) is 163 Å². The molecule has 1 aliphatic heterocycles. The predicted molar refractivity (Wildman–Crippen MR) is 213 cm³/mol. The van der Waals surface area contributed by atoms with Crippen LogP contribution in [0.25, 0.3) is 0 Å². The van der Waals surface area contributed by atoms with Crippen LogP contribution in [0.4, 0.5) is 4.79 Å². The molecule has 11 nitrogen and oxygen atoms in total. The van der Waals surface area contributed by atoms with Gasteiger partial charge in [-0.1, -0.05) is 166 Å². The van der Waals surface area contributed by atoms with Gasteiger partial charge in [-0.25, -0.2) is 9.69 Å². The zero-order valence-electron chi connectivity index (χ0n) is 33.9. The Morgan fingerprint density at radius 3 is 1.70 bits per heavy atom. The van der Waals surface area contributed by atoms with Crippen molar-refractivity contribution in [2.24, 2.45) is 5.73 Å². The second kappa shape index (κ2) is 28.8. The summed E-state index contributed by atoms with van der Waals surface area (Å²) in [6.45, 7) is 5.32. The number of nitrogens with zero attached hydrogens (tertiary/aromatic N) is 2.